The molecule has 0 bridgehead atoms. The fraction of sp³-hybridized carbons (Fsp3) is 0.556. The first-order valence-corrected chi connectivity index (χ1v) is 4.93. The van der Waals surface area contributed by atoms with Crippen molar-refractivity contribution in [2.24, 2.45) is 0 Å². The van der Waals surface area contributed by atoms with Gasteiger partial charge in [0, 0.05) is 32.6 Å². The van der Waals surface area contributed by atoms with Gasteiger partial charge >= 0.3 is 0 Å². The Balaban J connectivity index is 2.25. The molecule has 1 aromatic rings. The summed E-state index contributed by atoms with van der Waals surface area (Å²) in [5, 5.41) is 6.32. The summed E-state index contributed by atoms with van der Waals surface area (Å²) < 4.78 is 1.73. The first-order chi connectivity index (χ1) is 6.86. The Morgan fingerprint density at radius 3 is 3.21 bits per heavy atom. The molecule has 0 aliphatic carbocycles. The monoisotopic (exact) mass is 192 g/mol. The van der Waals surface area contributed by atoms with Crippen LogP contribution in [0.2, 0.25) is 0 Å². The Morgan fingerprint density at radius 2 is 2.29 bits per heavy atom. The van der Waals surface area contributed by atoms with Crippen LogP contribution in [0.3, 0.4) is 0 Å². The van der Waals surface area contributed by atoms with E-state index in [4.69, 9.17) is 0 Å². The van der Waals surface area contributed by atoms with Gasteiger partial charge in [0.05, 0.1) is 11.3 Å². The normalized spacial score (nSPS) is 18.6. The fourth-order valence-corrected chi connectivity index (χ4v) is 2.06. The molecule has 5 nitrogen and oxygen atoms in total. The van der Waals surface area contributed by atoms with Gasteiger partial charge in [-0.1, -0.05) is 0 Å². The molecule has 3 rings (SSSR count). The highest BCUT2D eigenvalue weighted by Gasteiger charge is 2.20. The zero-order valence-corrected chi connectivity index (χ0v) is 7.84. The number of fused-ring (bicyclic) bond motifs is 2. The van der Waals surface area contributed by atoms with E-state index in [1.165, 1.54) is 0 Å². The molecular formula is C9H12N4O. The molecule has 2 N–H and O–H groups in total. The first kappa shape index (κ1) is 7.99. The summed E-state index contributed by atoms with van der Waals surface area (Å²) in [6.07, 6.45) is 0.861. The maximum absolute atomic E-state index is 11.9. The van der Waals surface area contributed by atoms with E-state index in [2.05, 4.69) is 15.6 Å². The smallest absolute Gasteiger partial charge is 0.259 e. The highest BCUT2D eigenvalue weighted by molar-refractivity contribution is 5.35. The summed E-state index contributed by atoms with van der Waals surface area (Å²) in [5.74, 6) is 0.746. The van der Waals surface area contributed by atoms with E-state index >= 15 is 0 Å². The van der Waals surface area contributed by atoms with E-state index in [9.17, 15) is 4.79 Å². The molecular weight excluding hydrogens is 180 g/mol. The molecule has 2 aliphatic rings. The standard InChI is InChI=1S/C9H12N4O/c14-8-6-5-10-2-1-7(6)12-9-11-3-4-13(8)9/h10H,1-5H2,(H,11,12). The summed E-state index contributed by atoms with van der Waals surface area (Å²) in [4.78, 5) is 16.4. The first-order valence-electron chi connectivity index (χ1n) is 4.93. The van der Waals surface area contributed by atoms with Crippen LogP contribution in [0, 0.1) is 0 Å². The van der Waals surface area contributed by atoms with Gasteiger partial charge in [-0.2, -0.15) is 0 Å². The van der Waals surface area contributed by atoms with Gasteiger partial charge in [-0.3, -0.25) is 9.36 Å². The van der Waals surface area contributed by atoms with Crippen molar-refractivity contribution in [1.82, 2.24) is 14.9 Å². The average molecular weight is 192 g/mol. The van der Waals surface area contributed by atoms with Crippen LogP contribution in [0.5, 0.6) is 0 Å². The van der Waals surface area contributed by atoms with Crippen LogP contribution in [-0.4, -0.2) is 22.6 Å². The molecule has 0 spiro atoms. The molecule has 0 atom stereocenters. The minimum atomic E-state index is 0.127. The Bertz CT molecular complexity index is 437. The van der Waals surface area contributed by atoms with Crippen LogP contribution in [0.4, 0.5) is 5.95 Å². The second-order valence-electron chi connectivity index (χ2n) is 3.67. The number of rotatable bonds is 0. The quantitative estimate of drug-likeness (QED) is 0.571. The zero-order chi connectivity index (χ0) is 9.54. The fourth-order valence-electron chi connectivity index (χ4n) is 2.06. The predicted molar refractivity (Wildman–Crippen MR) is 52.4 cm³/mol. The van der Waals surface area contributed by atoms with E-state index in [1.807, 2.05) is 0 Å². The van der Waals surface area contributed by atoms with Gasteiger partial charge in [0.1, 0.15) is 0 Å². The van der Waals surface area contributed by atoms with Crippen molar-refractivity contribution in [3.63, 3.8) is 0 Å². The lowest BCUT2D eigenvalue weighted by Gasteiger charge is -2.16. The van der Waals surface area contributed by atoms with Gasteiger partial charge in [-0.05, 0) is 0 Å². The molecule has 0 aromatic carbocycles. The molecule has 0 radical (unpaired) electrons. The predicted octanol–water partition coefficient (Wildman–Crippen LogP) is -0.686. The Hall–Kier alpha value is -1.36. The van der Waals surface area contributed by atoms with Gasteiger partial charge in [-0.15, -0.1) is 0 Å². The summed E-state index contributed by atoms with van der Waals surface area (Å²) in [7, 11) is 0. The average Bonchev–Trinajstić information content (AvgIpc) is 2.66. The molecule has 1 aromatic heterocycles. The number of nitrogens with one attached hydrogen (secondary N) is 2. The number of hydrogen-bond acceptors (Lipinski definition) is 4. The van der Waals surface area contributed by atoms with Crippen LogP contribution < -0.4 is 16.2 Å². The minimum absolute atomic E-state index is 0.127. The van der Waals surface area contributed by atoms with Crippen molar-refractivity contribution in [1.29, 1.82) is 0 Å². The molecule has 74 valence electrons. The molecule has 0 saturated carbocycles. The highest BCUT2D eigenvalue weighted by atomic mass is 16.1. The summed E-state index contributed by atoms with van der Waals surface area (Å²) >= 11 is 0. The molecule has 0 saturated heterocycles. The lowest BCUT2D eigenvalue weighted by Crippen LogP contribution is -2.34. The van der Waals surface area contributed by atoms with Gasteiger partial charge in [0.2, 0.25) is 5.95 Å². The van der Waals surface area contributed by atoms with Gasteiger partial charge in [0.15, 0.2) is 0 Å². The maximum atomic E-state index is 11.9. The molecule has 3 heterocycles. The van der Waals surface area contributed by atoms with E-state index < -0.39 is 0 Å². The van der Waals surface area contributed by atoms with Gasteiger partial charge in [0.25, 0.3) is 5.56 Å². The summed E-state index contributed by atoms with van der Waals surface area (Å²) in [5.41, 5.74) is 1.94. The Morgan fingerprint density at radius 1 is 1.36 bits per heavy atom. The SMILES string of the molecule is O=c1c2c(nc3n1CCN3)CCNC2. The van der Waals surface area contributed by atoms with Crippen molar-refractivity contribution >= 4 is 5.95 Å². The number of hydrogen-bond donors (Lipinski definition) is 2. The third-order valence-corrected chi connectivity index (χ3v) is 2.81. The Kier molecular flexibility index (Phi) is 1.61. The molecule has 0 unspecified atom stereocenters. The topological polar surface area (TPSA) is 59.0 Å². The van der Waals surface area contributed by atoms with Crippen molar-refractivity contribution in [3.05, 3.63) is 21.6 Å². The Labute approximate surface area is 81.2 Å². The summed E-state index contributed by atoms with van der Waals surface area (Å²) in [6, 6.07) is 0. The number of anilines is 1. The van der Waals surface area contributed by atoms with E-state index in [-0.39, 0.29) is 5.56 Å². The van der Waals surface area contributed by atoms with Crippen molar-refractivity contribution in [3.8, 4) is 0 Å². The van der Waals surface area contributed by atoms with E-state index in [1.54, 1.807) is 4.57 Å². The second-order valence-corrected chi connectivity index (χ2v) is 3.67. The van der Waals surface area contributed by atoms with Crippen molar-refractivity contribution in [2.45, 2.75) is 19.5 Å². The van der Waals surface area contributed by atoms with Crippen LogP contribution in [-0.2, 0) is 19.5 Å². The molecule has 2 aliphatic heterocycles. The van der Waals surface area contributed by atoms with Crippen LogP contribution >= 0.6 is 0 Å². The van der Waals surface area contributed by atoms with Gasteiger partial charge < -0.3 is 10.6 Å². The third-order valence-electron chi connectivity index (χ3n) is 2.81. The highest BCUT2D eigenvalue weighted by Crippen LogP contribution is 2.13. The minimum Gasteiger partial charge on any atom is -0.354 e. The molecule has 0 amide bonds. The van der Waals surface area contributed by atoms with Crippen LogP contribution in [0.25, 0.3) is 0 Å². The van der Waals surface area contributed by atoms with Crippen molar-refractivity contribution < 1.29 is 0 Å². The van der Waals surface area contributed by atoms with Crippen LogP contribution in [0.15, 0.2) is 4.79 Å². The van der Waals surface area contributed by atoms with Crippen molar-refractivity contribution in [2.75, 3.05) is 18.4 Å². The third kappa shape index (κ3) is 0.988. The molecule has 5 heteroatoms. The van der Waals surface area contributed by atoms with E-state index in [0.29, 0.717) is 6.54 Å². The maximum Gasteiger partial charge on any atom is 0.259 e. The van der Waals surface area contributed by atoms with Crippen LogP contribution in [0.1, 0.15) is 11.3 Å². The lowest BCUT2D eigenvalue weighted by atomic mass is 10.1. The lowest BCUT2D eigenvalue weighted by molar-refractivity contribution is 0.605. The second kappa shape index (κ2) is 2.81. The zero-order valence-electron chi connectivity index (χ0n) is 7.84. The summed E-state index contributed by atoms with van der Waals surface area (Å²) in [6.45, 7) is 3.15. The molecule has 14 heavy (non-hydrogen) atoms. The molecule has 0 fully saturated rings. The van der Waals surface area contributed by atoms with E-state index in [0.717, 1.165) is 43.3 Å². The van der Waals surface area contributed by atoms with Gasteiger partial charge in [-0.25, -0.2) is 4.98 Å². The number of nitrogens with zero attached hydrogens (tertiary/aromatic N) is 2. The largest absolute Gasteiger partial charge is 0.354 e. The number of aromatic nitrogens is 2.